The van der Waals surface area contributed by atoms with Crippen molar-refractivity contribution in [3.63, 3.8) is 0 Å². The van der Waals surface area contributed by atoms with E-state index in [0.29, 0.717) is 23.5 Å². The van der Waals surface area contributed by atoms with Gasteiger partial charge in [-0.25, -0.2) is 0 Å². The van der Waals surface area contributed by atoms with Crippen LogP contribution in [0.25, 0.3) is 0 Å². The summed E-state index contributed by atoms with van der Waals surface area (Å²) in [6, 6.07) is 0. The minimum absolute atomic E-state index is 0.0955. The molecule has 0 unspecified atom stereocenters. The van der Waals surface area contributed by atoms with Crippen LogP contribution in [0.3, 0.4) is 0 Å². The molecule has 0 N–H and O–H groups in total. The van der Waals surface area contributed by atoms with Crippen LogP contribution in [0.2, 0.25) is 0 Å². The van der Waals surface area contributed by atoms with E-state index < -0.39 is 5.79 Å². The number of carbonyl (C=O) groups is 1. The Labute approximate surface area is 167 Å². The molecule has 2 fully saturated rings. The Balaban J connectivity index is 1.89. The van der Waals surface area contributed by atoms with Crippen molar-refractivity contribution in [2.75, 3.05) is 13.2 Å². The van der Waals surface area contributed by atoms with Crippen LogP contribution in [0.4, 0.5) is 0 Å². The van der Waals surface area contributed by atoms with E-state index in [1.54, 1.807) is 0 Å². The van der Waals surface area contributed by atoms with Crippen LogP contribution in [-0.4, -0.2) is 24.8 Å². The Morgan fingerprint density at radius 3 is 2.44 bits per heavy atom. The summed E-state index contributed by atoms with van der Waals surface area (Å²) in [5.74, 6) is 1.74. The molecule has 156 valence electrons. The third-order valence-electron chi connectivity index (χ3n) is 6.83. The van der Waals surface area contributed by atoms with Gasteiger partial charge in [-0.15, -0.1) is 6.58 Å². The molecule has 1 saturated carbocycles. The van der Waals surface area contributed by atoms with E-state index in [1.165, 1.54) is 5.57 Å². The fourth-order valence-corrected chi connectivity index (χ4v) is 4.49. The van der Waals surface area contributed by atoms with E-state index in [2.05, 4.69) is 48.1 Å². The van der Waals surface area contributed by atoms with Gasteiger partial charge in [0.2, 0.25) is 0 Å². The van der Waals surface area contributed by atoms with Crippen LogP contribution in [0.5, 0.6) is 0 Å². The highest BCUT2D eigenvalue weighted by Gasteiger charge is 2.39. The first kappa shape index (κ1) is 22.6. The molecule has 3 heteroatoms. The third-order valence-corrected chi connectivity index (χ3v) is 6.83. The van der Waals surface area contributed by atoms with Crippen LogP contribution >= 0.6 is 0 Å². The van der Waals surface area contributed by atoms with Crippen LogP contribution < -0.4 is 0 Å². The van der Waals surface area contributed by atoms with Gasteiger partial charge in [0.25, 0.3) is 0 Å². The smallest absolute Gasteiger partial charge is 0.165 e. The lowest BCUT2D eigenvalue weighted by Crippen LogP contribution is -2.45. The van der Waals surface area contributed by atoms with E-state index in [-0.39, 0.29) is 11.3 Å². The number of ether oxygens (including phenoxy) is 2. The number of Topliss-reactive ketones (excluding diaryl/α,β-unsaturated/α-hetero) is 1. The van der Waals surface area contributed by atoms with Crippen LogP contribution in [0, 0.1) is 29.1 Å². The van der Waals surface area contributed by atoms with Crippen molar-refractivity contribution >= 4 is 5.78 Å². The number of hydrogen-bond donors (Lipinski definition) is 0. The summed E-state index contributed by atoms with van der Waals surface area (Å²) in [5, 5.41) is 0. The van der Waals surface area contributed by atoms with Gasteiger partial charge in [-0.2, -0.15) is 0 Å². The van der Waals surface area contributed by atoms with Crippen molar-refractivity contribution in [3.8, 4) is 0 Å². The monoisotopic (exact) mass is 378 g/mol. The molecule has 0 amide bonds. The van der Waals surface area contributed by atoms with Gasteiger partial charge in [-0.1, -0.05) is 33.3 Å². The molecule has 0 aromatic heterocycles. The Morgan fingerprint density at radius 2 is 1.85 bits per heavy atom. The quantitative estimate of drug-likeness (QED) is 0.392. The van der Waals surface area contributed by atoms with Gasteiger partial charge in [0.05, 0.1) is 13.2 Å². The Morgan fingerprint density at radius 1 is 1.22 bits per heavy atom. The van der Waals surface area contributed by atoms with E-state index >= 15 is 0 Å². The molecule has 2 rings (SSSR count). The Bertz CT molecular complexity index is 512. The van der Waals surface area contributed by atoms with E-state index in [1.807, 2.05) is 0 Å². The summed E-state index contributed by atoms with van der Waals surface area (Å²) in [5.41, 5.74) is 1.32. The maximum Gasteiger partial charge on any atom is 0.165 e. The number of ketones is 1. The lowest BCUT2D eigenvalue weighted by Gasteiger charge is -2.42. The van der Waals surface area contributed by atoms with Gasteiger partial charge in [0, 0.05) is 24.2 Å². The van der Waals surface area contributed by atoms with Crippen molar-refractivity contribution < 1.29 is 14.3 Å². The number of rotatable bonds is 7. The second kappa shape index (κ2) is 9.22. The molecule has 0 radical (unpaired) electrons. The molecule has 27 heavy (non-hydrogen) atoms. The van der Waals surface area contributed by atoms with Gasteiger partial charge in [-0.05, 0) is 63.7 Å². The number of hydrogen-bond acceptors (Lipinski definition) is 3. The predicted molar refractivity (Wildman–Crippen MR) is 112 cm³/mol. The highest BCUT2D eigenvalue weighted by Crippen LogP contribution is 2.39. The maximum absolute atomic E-state index is 13.0. The largest absolute Gasteiger partial charge is 0.350 e. The molecular formula is C24H42O3. The molecule has 1 aliphatic heterocycles. The summed E-state index contributed by atoms with van der Waals surface area (Å²) in [4.78, 5) is 13.0. The molecule has 1 heterocycles. The minimum Gasteiger partial charge on any atom is -0.350 e. The summed E-state index contributed by atoms with van der Waals surface area (Å²) in [7, 11) is 0. The molecule has 0 spiro atoms. The highest BCUT2D eigenvalue weighted by molar-refractivity contribution is 5.81. The standard InChI is InChI=1S/C24H42O3/c1-17(2)8-9-19(4)21-11-10-18(3)20(14-22(21)25)12-13-24(7)26-15-23(5,6)16-27-24/h18-21H,1,8-16H2,2-7H3/t18-,19+,20-,21+/m1/s1. The van der Waals surface area contributed by atoms with Crippen molar-refractivity contribution in [2.45, 2.75) is 92.3 Å². The zero-order chi connectivity index (χ0) is 20.2. The second-order valence-electron chi connectivity index (χ2n) is 10.5. The SMILES string of the molecule is C=C(C)CC[C@H](C)[C@@H]1CC[C@@H](C)[C@H](CCC2(C)OCC(C)(C)CO2)CC1=O. The van der Waals surface area contributed by atoms with Crippen molar-refractivity contribution in [1.82, 2.24) is 0 Å². The first-order valence-electron chi connectivity index (χ1n) is 11.0. The fraction of sp³-hybridized carbons (Fsp3) is 0.875. The van der Waals surface area contributed by atoms with Crippen molar-refractivity contribution in [1.29, 1.82) is 0 Å². The van der Waals surface area contributed by atoms with Gasteiger partial charge in [-0.3, -0.25) is 4.79 Å². The molecule has 2 aliphatic rings. The second-order valence-corrected chi connectivity index (χ2v) is 10.5. The predicted octanol–water partition coefficient (Wildman–Crippen LogP) is 6.17. The molecular weight excluding hydrogens is 336 g/mol. The van der Waals surface area contributed by atoms with Gasteiger partial charge < -0.3 is 9.47 Å². The lowest BCUT2D eigenvalue weighted by molar-refractivity contribution is -0.293. The van der Waals surface area contributed by atoms with Crippen LogP contribution in [-0.2, 0) is 14.3 Å². The molecule has 1 saturated heterocycles. The molecule has 0 aromatic rings. The van der Waals surface area contributed by atoms with Crippen molar-refractivity contribution in [3.05, 3.63) is 12.2 Å². The average Bonchev–Trinajstić information content (AvgIpc) is 2.73. The first-order chi connectivity index (χ1) is 12.5. The van der Waals surface area contributed by atoms with Gasteiger partial charge in [0.15, 0.2) is 5.79 Å². The molecule has 1 aliphatic carbocycles. The van der Waals surface area contributed by atoms with E-state index in [4.69, 9.17) is 9.47 Å². The number of carbonyl (C=O) groups excluding carboxylic acids is 1. The van der Waals surface area contributed by atoms with Crippen LogP contribution in [0.1, 0.15) is 86.5 Å². The topological polar surface area (TPSA) is 35.5 Å². The summed E-state index contributed by atoms with van der Waals surface area (Å²) >= 11 is 0. The number of allylic oxidation sites excluding steroid dienone is 1. The summed E-state index contributed by atoms with van der Waals surface area (Å²) < 4.78 is 12.1. The van der Waals surface area contributed by atoms with Crippen molar-refractivity contribution in [2.24, 2.45) is 29.1 Å². The third kappa shape index (κ3) is 6.71. The fourth-order valence-electron chi connectivity index (χ4n) is 4.49. The summed E-state index contributed by atoms with van der Waals surface area (Å²) in [6.45, 7) is 18.6. The normalized spacial score (nSPS) is 31.9. The minimum atomic E-state index is -0.487. The molecule has 4 atom stereocenters. The van der Waals surface area contributed by atoms with Gasteiger partial charge in [0.1, 0.15) is 5.78 Å². The molecule has 0 aromatic carbocycles. The maximum atomic E-state index is 13.0. The summed E-state index contributed by atoms with van der Waals surface area (Å²) in [6.07, 6.45) is 6.94. The van der Waals surface area contributed by atoms with E-state index in [9.17, 15) is 4.79 Å². The molecule has 0 bridgehead atoms. The average molecular weight is 379 g/mol. The van der Waals surface area contributed by atoms with Crippen LogP contribution in [0.15, 0.2) is 12.2 Å². The van der Waals surface area contributed by atoms with Gasteiger partial charge >= 0.3 is 0 Å². The first-order valence-corrected chi connectivity index (χ1v) is 11.0. The zero-order valence-corrected chi connectivity index (χ0v) is 18.6. The Kier molecular flexibility index (Phi) is 7.72. The zero-order valence-electron chi connectivity index (χ0n) is 18.6. The lowest BCUT2D eigenvalue weighted by atomic mass is 9.82. The van der Waals surface area contributed by atoms with E-state index in [0.717, 1.165) is 58.2 Å². The Hall–Kier alpha value is -0.670. The molecule has 3 nitrogen and oxygen atoms in total. The highest BCUT2D eigenvalue weighted by atomic mass is 16.7.